The second-order valence-corrected chi connectivity index (χ2v) is 6.41. The van der Waals surface area contributed by atoms with Gasteiger partial charge in [-0.2, -0.15) is 5.26 Å². The van der Waals surface area contributed by atoms with Gasteiger partial charge in [0.25, 0.3) is 0 Å². The van der Waals surface area contributed by atoms with Crippen molar-refractivity contribution in [2.45, 2.75) is 38.3 Å². The van der Waals surface area contributed by atoms with Crippen LogP contribution in [0.1, 0.15) is 32.3 Å². The predicted molar refractivity (Wildman–Crippen MR) is 93.6 cm³/mol. The molecule has 0 heterocycles. The third-order valence-electron chi connectivity index (χ3n) is 3.56. The molecule has 0 radical (unpaired) electrons. The number of hydrogen-bond donors (Lipinski definition) is 0. The fraction of sp³-hybridized carbons (Fsp3) is 0.562. The van der Waals surface area contributed by atoms with Gasteiger partial charge >= 0.3 is 0 Å². The molecule has 1 aromatic rings. The number of hydrogen-bond acceptors (Lipinski definition) is 5. The number of ether oxygens (including phenoxy) is 3. The first-order valence-electron chi connectivity index (χ1n) is 7.47. The molecule has 0 aliphatic carbocycles. The molecule has 0 fully saturated rings. The zero-order chi connectivity index (χ0) is 18.0. The molecule has 2 unspecified atom stereocenters. The smallest absolute Gasteiger partial charge is 0.146 e. The summed E-state index contributed by atoms with van der Waals surface area (Å²) in [5.41, 5.74) is 8.60. The van der Waals surface area contributed by atoms with Crippen LogP contribution < -0.4 is 4.74 Å². The lowest BCUT2D eigenvalue weighted by atomic mass is 9.94. The summed E-state index contributed by atoms with van der Waals surface area (Å²) in [6, 6.07) is 6.97. The monoisotopic (exact) mass is 396 g/mol. The Kier molecular flexibility index (Phi) is 8.58. The number of nitrogens with zero attached hydrogens (tertiary/aromatic N) is 4. The Hall–Kier alpha value is -1.78. The molecule has 2 atom stereocenters. The van der Waals surface area contributed by atoms with Crippen LogP contribution in [0, 0.1) is 11.3 Å². The Labute approximate surface area is 150 Å². The van der Waals surface area contributed by atoms with Crippen LogP contribution in [0.25, 0.3) is 10.4 Å². The third kappa shape index (κ3) is 6.38. The fourth-order valence-corrected chi connectivity index (χ4v) is 2.51. The predicted octanol–water partition coefficient (Wildman–Crippen LogP) is 4.56. The topological polar surface area (TPSA) is 100 Å². The van der Waals surface area contributed by atoms with Crippen molar-refractivity contribution in [1.82, 2.24) is 0 Å². The van der Waals surface area contributed by atoms with E-state index in [-0.39, 0.29) is 13.4 Å². The quantitative estimate of drug-likeness (QED) is 0.190. The normalized spacial score (nSPS) is 14.1. The molecular formula is C16H21BrN4O3. The molecule has 0 spiro atoms. The molecule has 24 heavy (non-hydrogen) atoms. The van der Waals surface area contributed by atoms with E-state index in [0.29, 0.717) is 24.2 Å². The van der Waals surface area contributed by atoms with Crippen molar-refractivity contribution in [2.24, 2.45) is 5.11 Å². The second kappa shape index (κ2) is 10.2. The lowest BCUT2D eigenvalue weighted by Gasteiger charge is -2.32. The molecule has 0 aliphatic rings. The largest absolute Gasteiger partial charge is 0.486 e. The molecule has 1 rings (SSSR count). The van der Waals surface area contributed by atoms with E-state index in [9.17, 15) is 5.26 Å². The van der Waals surface area contributed by atoms with E-state index in [1.165, 1.54) is 7.11 Å². The molecule has 7 nitrogen and oxygen atoms in total. The summed E-state index contributed by atoms with van der Waals surface area (Å²) in [6.07, 6.45) is 1.13. The highest BCUT2D eigenvalue weighted by molar-refractivity contribution is 9.10. The van der Waals surface area contributed by atoms with Crippen LogP contribution in [0.5, 0.6) is 5.75 Å². The number of methoxy groups -OCH3 is 1. The Bertz CT molecular complexity index is 628. The van der Waals surface area contributed by atoms with Crippen molar-refractivity contribution in [2.75, 3.05) is 20.5 Å². The minimum absolute atomic E-state index is 0.130. The molecule has 0 bridgehead atoms. The molecule has 0 aromatic heterocycles. The van der Waals surface area contributed by atoms with Crippen LogP contribution >= 0.6 is 15.9 Å². The SMILES string of the molecule is CCC(C)(CC(COCOC)N=[N+]=[N-])Oc1cc(Br)ccc1C#N. The molecular weight excluding hydrogens is 376 g/mol. The van der Waals surface area contributed by atoms with Gasteiger partial charge in [0.05, 0.1) is 18.2 Å². The van der Waals surface area contributed by atoms with E-state index in [1.807, 2.05) is 13.8 Å². The van der Waals surface area contributed by atoms with Crippen molar-refractivity contribution in [3.8, 4) is 11.8 Å². The highest BCUT2D eigenvalue weighted by Gasteiger charge is 2.29. The van der Waals surface area contributed by atoms with Gasteiger partial charge in [0.15, 0.2) is 0 Å². The number of azide groups is 1. The van der Waals surface area contributed by atoms with Crippen LogP contribution in [-0.4, -0.2) is 32.2 Å². The van der Waals surface area contributed by atoms with Gasteiger partial charge in [-0.25, -0.2) is 0 Å². The highest BCUT2D eigenvalue weighted by atomic mass is 79.9. The molecule has 130 valence electrons. The number of halogens is 1. The van der Waals surface area contributed by atoms with Crippen LogP contribution in [0.4, 0.5) is 0 Å². The molecule has 0 amide bonds. The molecule has 0 N–H and O–H groups in total. The third-order valence-corrected chi connectivity index (χ3v) is 4.06. The Morgan fingerprint density at radius 3 is 2.83 bits per heavy atom. The van der Waals surface area contributed by atoms with Crippen LogP contribution in [0.15, 0.2) is 27.8 Å². The lowest BCUT2D eigenvalue weighted by Crippen LogP contribution is -2.37. The minimum atomic E-state index is -0.609. The molecule has 0 saturated carbocycles. The van der Waals surface area contributed by atoms with Crippen molar-refractivity contribution in [3.05, 3.63) is 38.7 Å². The van der Waals surface area contributed by atoms with E-state index in [1.54, 1.807) is 18.2 Å². The van der Waals surface area contributed by atoms with Gasteiger partial charge in [-0.1, -0.05) is 28.0 Å². The zero-order valence-corrected chi connectivity index (χ0v) is 15.6. The maximum absolute atomic E-state index is 9.24. The lowest BCUT2D eigenvalue weighted by molar-refractivity contribution is -0.0420. The Morgan fingerprint density at radius 2 is 2.25 bits per heavy atom. The standard InChI is InChI=1S/C16H21BrN4O3/c1-4-16(2,8-14(20-21-19)10-23-11-22-3)24-15-7-13(17)6-5-12(15)9-18/h5-7,14H,4,8,10-11H2,1-3H3. The van der Waals surface area contributed by atoms with Gasteiger partial charge in [-0.05, 0) is 43.5 Å². The van der Waals surface area contributed by atoms with Crippen LogP contribution in [-0.2, 0) is 9.47 Å². The summed E-state index contributed by atoms with van der Waals surface area (Å²) in [6.45, 7) is 4.27. The van der Waals surface area contributed by atoms with Crippen molar-refractivity contribution >= 4 is 15.9 Å². The zero-order valence-electron chi connectivity index (χ0n) is 14.0. The van der Waals surface area contributed by atoms with Gasteiger partial charge in [-0.3, -0.25) is 0 Å². The van der Waals surface area contributed by atoms with Gasteiger partial charge in [-0.15, -0.1) is 0 Å². The number of benzene rings is 1. The first-order chi connectivity index (χ1) is 11.5. The minimum Gasteiger partial charge on any atom is -0.486 e. The fourth-order valence-electron chi connectivity index (χ4n) is 2.17. The van der Waals surface area contributed by atoms with Gasteiger partial charge in [0.2, 0.25) is 0 Å². The maximum Gasteiger partial charge on any atom is 0.146 e. The number of nitriles is 1. The van der Waals surface area contributed by atoms with Crippen molar-refractivity contribution in [1.29, 1.82) is 5.26 Å². The maximum atomic E-state index is 9.24. The van der Waals surface area contributed by atoms with Crippen LogP contribution in [0.2, 0.25) is 0 Å². The van der Waals surface area contributed by atoms with E-state index < -0.39 is 11.6 Å². The van der Waals surface area contributed by atoms with Crippen LogP contribution in [0.3, 0.4) is 0 Å². The highest BCUT2D eigenvalue weighted by Crippen LogP contribution is 2.31. The average Bonchev–Trinajstić information content (AvgIpc) is 2.55. The van der Waals surface area contributed by atoms with Gasteiger partial charge in [0, 0.05) is 16.5 Å². The van der Waals surface area contributed by atoms with E-state index >= 15 is 0 Å². The summed E-state index contributed by atoms with van der Waals surface area (Å²) in [5, 5.41) is 13.0. The average molecular weight is 397 g/mol. The number of rotatable bonds is 10. The second-order valence-electron chi connectivity index (χ2n) is 5.50. The first kappa shape index (κ1) is 20.3. The first-order valence-corrected chi connectivity index (χ1v) is 8.27. The van der Waals surface area contributed by atoms with Crippen molar-refractivity contribution in [3.63, 3.8) is 0 Å². The van der Waals surface area contributed by atoms with E-state index in [4.69, 9.17) is 19.7 Å². The molecule has 8 heteroatoms. The summed E-state index contributed by atoms with van der Waals surface area (Å²) < 4.78 is 17.1. The summed E-state index contributed by atoms with van der Waals surface area (Å²) in [4.78, 5) is 2.88. The summed E-state index contributed by atoms with van der Waals surface area (Å²) >= 11 is 3.38. The molecule has 0 aliphatic heterocycles. The Morgan fingerprint density at radius 1 is 1.50 bits per heavy atom. The summed E-state index contributed by atoms with van der Waals surface area (Å²) in [5.74, 6) is 0.494. The molecule has 1 aromatic carbocycles. The van der Waals surface area contributed by atoms with E-state index in [2.05, 4.69) is 32.0 Å². The molecule has 0 saturated heterocycles. The van der Waals surface area contributed by atoms with Gasteiger partial charge in [0.1, 0.15) is 24.2 Å². The summed E-state index contributed by atoms with van der Waals surface area (Å²) in [7, 11) is 1.53. The Balaban J connectivity index is 2.93. The van der Waals surface area contributed by atoms with E-state index in [0.717, 1.165) is 4.47 Å². The van der Waals surface area contributed by atoms with Gasteiger partial charge < -0.3 is 14.2 Å². The van der Waals surface area contributed by atoms with Crippen molar-refractivity contribution < 1.29 is 14.2 Å².